The van der Waals surface area contributed by atoms with Crippen molar-refractivity contribution in [1.82, 2.24) is 9.97 Å². The second kappa shape index (κ2) is 7.58. The van der Waals surface area contributed by atoms with E-state index in [0.29, 0.717) is 0 Å². The number of carbonyl (C=O) groups is 1. The van der Waals surface area contributed by atoms with E-state index < -0.39 is 24.3 Å². The minimum atomic E-state index is -5.09. The maximum atomic E-state index is 10.9. The molecule has 1 aromatic carbocycles. The monoisotopic (exact) mass is 355 g/mol. The largest absolute Gasteiger partial charge is 0.245 e. The van der Waals surface area contributed by atoms with Gasteiger partial charge in [-0.1, -0.05) is 0 Å². The molecule has 21 heavy (non-hydrogen) atoms. The molecule has 0 atom stereocenters. The molecule has 8 nitrogen and oxygen atoms in total. The molecule has 0 aliphatic heterocycles. The van der Waals surface area contributed by atoms with Crippen LogP contribution < -0.4 is 9.67 Å². The van der Waals surface area contributed by atoms with Gasteiger partial charge in [-0.15, -0.1) is 0 Å². The molecule has 4 N–H and O–H groups in total. The van der Waals surface area contributed by atoms with Gasteiger partial charge >= 0.3 is 88.1 Å². The van der Waals surface area contributed by atoms with Crippen molar-refractivity contribution in [2.75, 3.05) is 5.32 Å². The fraction of sp³-hybridized carbons (Fsp3) is 0.0833. The first-order valence-corrected chi connectivity index (χ1v) is 9.05. The van der Waals surface area contributed by atoms with Crippen molar-refractivity contribution in [3.63, 3.8) is 0 Å². The zero-order valence-corrected chi connectivity index (χ0v) is 12.9. The Hall–Kier alpha value is -2.15. The second-order valence-electron chi connectivity index (χ2n) is 3.83. The van der Waals surface area contributed by atoms with Crippen molar-refractivity contribution in [1.29, 1.82) is 0 Å². The van der Waals surface area contributed by atoms with Crippen molar-refractivity contribution in [3.05, 3.63) is 43.0 Å². The molecule has 1 aromatic heterocycles. The summed E-state index contributed by atoms with van der Waals surface area (Å²) in [5, 5.41) is 11.7. The van der Waals surface area contributed by atoms with Crippen LogP contribution in [0.4, 0.5) is 5.69 Å². The molecule has 0 aliphatic carbocycles. The molecule has 0 saturated heterocycles. The molecule has 0 aliphatic rings. The summed E-state index contributed by atoms with van der Waals surface area (Å²) in [5.74, 6) is -0.850. The smallest absolute Gasteiger partial charge is 0.115 e. The molecular weight excluding hydrogens is 341 g/mol. The van der Waals surface area contributed by atoms with Crippen molar-refractivity contribution in [2.45, 2.75) is 6.92 Å². The molecule has 2 rings (SSSR count). The minimum Gasteiger partial charge on any atom is -0.245 e. The van der Waals surface area contributed by atoms with E-state index in [9.17, 15) is 13.6 Å². The van der Waals surface area contributed by atoms with Crippen LogP contribution in [0.2, 0.25) is 0 Å². The number of anilines is 1. The molecule has 0 radical (unpaired) electrons. The van der Waals surface area contributed by atoms with Gasteiger partial charge in [-0.2, -0.15) is 0 Å². The van der Waals surface area contributed by atoms with Crippen LogP contribution in [0.1, 0.15) is 6.92 Å². The van der Waals surface area contributed by atoms with Gasteiger partial charge in [0.2, 0.25) is 0 Å². The van der Waals surface area contributed by atoms with Crippen LogP contribution in [-0.4, -0.2) is 43.3 Å². The van der Waals surface area contributed by atoms with Crippen molar-refractivity contribution in [2.24, 2.45) is 0 Å². The summed E-state index contributed by atoms with van der Waals surface area (Å²) in [4.78, 5) is 18.0. The van der Waals surface area contributed by atoms with Crippen LogP contribution >= 0.6 is 0 Å². The van der Waals surface area contributed by atoms with Crippen LogP contribution in [0.15, 0.2) is 43.0 Å². The Morgan fingerprint density at radius 1 is 1.24 bits per heavy atom. The zero-order chi connectivity index (χ0) is 15.9. The van der Waals surface area contributed by atoms with E-state index in [0.717, 1.165) is 12.1 Å². The van der Waals surface area contributed by atoms with Crippen LogP contribution in [0.25, 0.3) is 0 Å². The molecule has 0 saturated carbocycles. The third kappa shape index (κ3) is 6.22. The van der Waals surface area contributed by atoms with Crippen molar-refractivity contribution >= 4 is 30.1 Å². The van der Waals surface area contributed by atoms with Gasteiger partial charge in [-0.3, -0.25) is 0 Å². The number of phenols is 1. The Morgan fingerprint density at radius 2 is 1.86 bits per heavy atom. The number of aromatic nitrogens is 2. The molecule has 1 heterocycles. The van der Waals surface area contributed by atoms with E-state index in [1.54, 1.807) is 18.5 Å². The fourth-order valence-electron chi connectivity index (χ4n) is 1.30. The van der Waals surface area contributed by atoms with E-state index in [1.165, 1.54) is 19.3 Å². The topological polar surface area (TPSA) is 133 Å². The third-order valence-corrected chi connectivity index (χ3v) is 4.20. The second-order valence-corrected chi connectivity index (χ2v) is 7.13. The molecule has 2 aromatic rings. The first kappa shape index (κ1) is 16.9. The number of nitrogens with zero attached hydrogens (tertiary/aromatic N) is 2. The summed E-state index contributed by atoms with van der Waals surface area (Å²) in [6.45, 7) is 1.29. The minimum absolute atomic E-state index is 0.285. The van der Waals surface area contributed by atoms with Gasteiger partial charge in [0, 0.05) is 12.4 Å². The van der Waals surface area contributed by atoms with Gasteiger partial charge < -0.3 is 0 Å². The van der Waals surface area contributed by atoms with E-state index in [4.69, 9.17) is 8.19 Å². The normalized spacial score (nSPS) is 10.2. The SMILES string of the molecule is CC(=O)Nc1ccc([As](=O)(O)O)c(O)c1.c1cncnc1. The summed E-state index contributed by atoms with van der Waals surface area (Å²) in [6, 6.07) is 5.29. The molecule has 0 fully saturated rings. The summed E-state index contributed by atoms with van der Waals surface area (Å²) in [5.41, 5.74) is 0.285. The number of carbonyl (C=O) groups excluding carboxylic acids is 1. The number of aromatic hydroxyl groups is 1. The summed E-state index contributed by atoms with van der Waals surface area (Å²) < 4.78 is 28.2. The Bertz CT molecular complexity index is 618. The third-order valence-electron chi connectivity index (χ3n) is 2.09. The number of nitrogens with one attached hydrogen (secondary N) is 1. The van der Waals surface area contributed by atoms with Gasteiger partial charge in [-0.05, 0) is 6.07 Å². The molecule has 9 heteroatoms. The van der Waals surface area contributed by atoms with Crippen LogP contribution in [0.3, 0.4) is 0 Å². The van der Waals surface area contributed by atoms with Gasteiger partial charge in [0.1, 0.15) is 6.33 Å². The average molecular weight is 355 g/mol. The predicted molar refractivity (Wildman–Crippen MR) is 75.0 cm³/mol. The first-order valence-electron chi connectivity index (χ1n) is 5.67. The average Bonchev–Trinajstić information content (AvgIpc) is 2.39. The summed E-state index contributed by atoms with van der Waals surface area (Å²) >= 11 is -5.09. The fourth-order valence-corrected chi connectivity index (χ4v) is 2.63. The van der Waals surface area contributed by atoms with Crippen LogP contribution in [0.5, 0.6) is 5.75 Å². The number of benzene rings is 1. The summed E-state index contributed by atoms with van der Waals surface area (Å²) in [7, 11) is 0. The van der Waals surface area contributed by atoms with E-state index in [1.807, 2.05) is 0 Å². The van der Waals surface area contributed by atoms with Crippen molar-refractivity contribution < 1.29 is 21.8 Å². The van der Waals surface area contributed by atoms with Gasteiger partial charge in [0.25, 0.3) is 0 Å². The molecule has 0 bridgehead atoms. The Balaban J connectivity index is 0.000000304. The van der Waals surface area contributed by atoms with E-state index in [-0.39, 0.29) is 11.6 Å². The first-order chi connectivity index (χ1) is 9.80. The molecule has 0 unspecified atom stereocenters. The van der Waals surface area contributed by atoms with E-state index in [2.05, 4.69) is 15.3 Å². The maximum absolute atomic E-state index is 10.9. The molecular formula is C12H14AsN3O5. The number of amides is 1. The van der Waals surface area contributed by atoms with Gasteiger partial charge in [0.15, 0.2) is 0 Å². The number of phenolic OH excluding ortho intramolecular Hbond substituents is 1. The van der Waals surface area contributed by atoms with Crippen LogP contribution in [-0.2, 0) is 8.53 Å². The Labute approximate surface area is 123 Å². The maximum Gasteiger partial charge on any atom is 0.115 e. The van der Waals surface area contributed by atoms with Gasteiger partial charge in [-0.25, -0.2) is 9.97 Å². The molecule has 112 valence electrons. The number of rotatable bonds is 2. The Morgan fingerprint density at radius 3 is 2.19 bits per heavy atom. The Kier molecular flexibility index (Phi) is 6.10. The van der Waals surface area contributed by atoms with Gasteiger partial charge in [0.05, 0.1) is 0 Å². The number of hydrogen-bond acceptors (Lipinski definition) is 5. The quantitative estimate of drug-likeness (QED) is 0.528. The molecule has 0 spiro atoms. The summed E-state index contributed by atoms with van der Waals surface area (Å²) in [6.07, 6.45) is 4.88. The predicted octanol–water partition coefficient (Wildman–Crippen LogP) is -0.612. The van der Waals surface area contributed by atoms with Crippen LogP contribution in [0, 0.1) is 0 Å². The molecule has 1 amide bonds. The number of hydrogen-bond donors (Lipinski definition) is 4. The van der Waals surface area contributed by atoms with E-state index >= 15 is 0 Å². The zero-order valence-electron chi connectivity index (χ0n) is 11.0. The standard InChI is InChI=1S/C8H10AsNO5.C4H4N2/c1-5(11)10-6-2-3-7(8(12)4-6)9(13,14)15;1-2-5-4-6-3-1/h2-4,12H,1H3,(H,10,11)(H2,13,14,15);1-4H. The van der Waals surface area contributed by atoms with Crippen molar-refractivity contribution in [3.8, 4) is 5.75 Å².